The second kappa shape index (κ2) is 8.94. The van der Waals surface area contributed by atoms with E-state index in [1.165, 1.54) is 12.1 Å². The number of rotatable bonds is 7. The molecule has 1 saturated carbocycles. The fourth-order valence-corrected chi connectivity index (χ4v) is 4.35. The Kier molecular flexibility index (Phi) is 5.97. The summed E-state index contributed by atoms with van der Waals surface area (Å²) in [5.74, 6) is 0.506. The summed E-state index contributed by atoms with van der Waals surface area (Å²) in [4.78, 5) is 8.96. The number of halogens is 2. The standard InChI is InChI=1S/C25H27BrFN7/c1-25(2,3)13-28-24-19-10-17(11-20(26)23(19)29-14-30-24)31-22(15-4-6-16(27)7-5-15)21-12-34(33-32-21)18-8-9-18/h4-7,10-12,14,18,22,31H,8-9,13H2,1-3H3,(H,28,29,30). The lowest BCUT2D eigenvalue weighted by Crippen LogP contribution is -2.19. The molecule has 5 rings (SSSR count). The molecule has 34 heavy (non-hydrogen) atoms. The maximum absolute atomic E-state index is 13.6. The lowest BCUT2D eigenvalue weighted by atomic mass is 9.97. The molecular weight excluding hydrogens is 497 g/mol. The summed E-state index contributed by atoms with van der Waals surface area (Å²) in [7, 11) is 0. The van der Waals surface area contributed by atoms with Crippen LogP contribution in [0.4, 0.5) is 15.9 Å². The van der Waals surface area contributed by atoms with Gasteiger partial charge in [-0.3, -0.25) is 0 Å². The van der Waals surface area contributed by atoms with E-state index >= 15 is 0 Å². The monoisotopic (exact) mass is 523 g/mol. The van der Waals surface area contributed by atoms with Crippen molar-refractivity contribution in [2.45, 2.75) is 45.7 Å². The van der Waals surface area contributed by atoms with E-state index in [4.69, 9.17) is 0 Å². The van der Waals surface area contributed by atoms with E-state index in [0.29, 0.717) is 6.04 Å². The van der Waals surface area contributed by atoms with Crippen molar-refractivity contribution in [3.05, 3.63) is 70.5 Å². The first-order valence-electron chi connectivity index (χ1n) is 11.4. The number of fused-ring (bicyclic) bond motifs is 1. The lowest BCUT2D eigenvalue weighted by molar-refractivity contribution is 0.442. The quantitative estimate of drug-likeness (QED) is 0.303. The van der Waals surface area contributed by atoms with Gasteiger partial charge in [0.15, 0.2) is 0 Å². The number of benzene rings is 2. The van der Waals surface area contributed by atoms with Crippen molar-refractivity contribution in [2.75, 3.05) is 17.2 Å². The summed E-state index contributed by atoms with van der Waals surface area (Å²) in [5.41, 5.74) is 3.48. The van der Waals surface area contributed by atoms with E-state index in [2.05, 4.69) is 67.6 Å². The van der Waals surface area contributed by atoms with Crippen molar-refractivity contribution in [3.63, 3.8) is 0 Å². The van der Waals surface area contributed by atoms with Crippen molar-refractivity contribution in [3.8, 4) is 0 Å². The molecule has 2 N–H and O–H groups in total. The first-order valence-corrected chi connectivity index (χ1v) is 12.2. The van der Waals surface area contributed by atoms with E-state index < -0.39 is 0 Å². The van der Waals surface area contributed by atoms with Crippen LogP contribution in [-0.2, 0) is 0 Å². The van der Waals surface area contributed by atoms with Crippen LogP contribution in [0.1, 0.15) is 57.0 Å². The molecule has 1 aliphatic rings. The normalized spacial score (nSPS) is 14.9. The number of hydrogen-bond acceptors (Lipinski definition) is 6. The Balaban J connectivity index is 1.52. The molecule has 0 radical (unpaired) electrons. The Labute approximate surface area is 206 Å². The topological polar surface area (TPSA) is 80.5 Å². The van der Waals surface area contributed by atoms with Crippen LogP contribution in [0.5, 0.6) is 0 Å². The third-order valence-corrected chi connectivity index (χ3v) is 6.34. The van der Waals surface area contributed by atoms with Gasteiger partial charge in [0.2, 0.25) is 0 Å². The molecule has 0 amide bonds. The Morgan fingerprint density at radius 2 is 1.91 bits per heavy atom. The molecule has 1 fully saturated rings. The molecule has 2 heterocycles. The number of nitrogens with zero attached hydrogens (tertiary/aromatic N) is 5. The molecular formula is C25H27BrFN7. The van der Waals surface area contributed by atoms with Gasteiger partial charge in [0.25, 0.3) is 0 Å². The molecule has 7 nitrogen and oxygen atoms in total. The second-order valence-corrected chi connectivity index (χ2v) is 10.8. The fourth-order valence-electron chi connectivity index (χ4n) is 3.79. The van der Waals surface area contributed by atoms with Crippen LogP contribution < -0.4 is 10.6 Å². The van der Waals surface area contributed by atoms with Crippen LogP contribution in [0.3, 0.4) is 0 Å². The molecule has 1 aliphatic carbocycles. The SMILES string of the molecule is CC(C)(C)CNc1ncnc2c(Br)cc(NC(c3ccc(F)cc3)c3cn(C4CC4)nn3)cc12. The van der Waals surface area contributed by atoms with Crippen LogP contribution in [0, 0.1) is 11.2 Å². The highest BCUT2D eigenvalue weighted by atomic mass is 79.9. The average molecular weight is 524 g/mol. The minimum absolute atomic E-state index is 0.103. The summed E-state index contributed by atoms with van der Waals surface area (Å²) in [6.07, 6.45) is 5.80. The number of hydrogen-bond donors (Lipinski definition) is 2. The maximum atomic E-state index is 13.6. The minimum Gasteiger partial charge on any atom is -0.373 e. The summed E-state index contributed by atoms with van der Waals surface area (Å²) >= 11 is 3.68. The molecule has 0 spiro atoms. The minimum atomic E-state index is -0.298. The van der Waals surface area contributed by atoms with Gasteiger partial charge in [-0.25, -0.2) is 19.0 Å². The zero-order valence-electron chi connectivity index (χ0n) is 19.4. The van der Waals surface area contributed by atoms with Gasteiger partial charge in [-0.15, -0.1) is 5.10 Å². The van der Waals surface area contributed by atoms with Gasteiger partial charge >= 0.3 is 0 Å². The number of anilines is 2. The van der Waals surface area contributed by atoms with Crippen LogP contribution >= 0.6 is 15.9 Å². The third kappa shape index (κ3) is 5.04. The smallest absolute Gasteiger partial charge is 0.137 e. The number of aromatic nitrogens is 5. The average Bonchev–Trinajstić information content (AvgIpc) is 3.53. The molecule has 0 aliphatic heterocycles. The molecule has 9 heteroatoms. The van der Waals surface area contributed by atoms with Crippen LogP contribution in [0.25, 0.3) is 10.9 Å². The molecule has 0 bridgehead atoms. The van der Waals surface area contributed by atoms with Crippen molar-refractivity contribution in [1.29, 1.82) is 0 Å². The van der Waals surface area contributed by atoms with Crippen molar-refractivity contribution in [1.82, 2.24) is 25.0 Å². The second-order valence-electron chi connectivity index (χ2n) is 9.97. The summed E-state index contributed by atoms with van der Waals surface area (Å²) < 4.78 is 16.4. The zero-order valence-corrected chi connectivity index (χ0v) is 21.0. The van der Waals surface area contributed by atoms with E-state index in [-0.39, 0.29) is 17.3 Å². The molecule has 1 atom stereocenters. The largest absolute Gasteiger partial charge is 0.373 e. The van der Waals surface area contributed by atoms with Crippen molar-refractivity contribution >= 4 is 38.3 Å². The van der Waals surface area contributed by atoms with Crippen LogP contribution in [0.15, 0.2) is 53.4 Å². The van der Waals surface area contributed by atoms with Crippen LogP contribution in [-0.4, -0.2) is 31.5 Å². The van der Waals surface area contributed by atoms with Gasteiger partial charge in [0, 0.05) is 22.1 Å². The summed E-state index contributed by atoms with van der Waals surface area (Å²) in [6, 6.07) is 10.6. The zero-order chi connectivity index (χ0) is 23.9. The van der Waals surface area contributed by atoms with Gasteiger partial charge in [0.05, 0.1) is 23.8 Å². The Bertz CT molecular complexity index is 1310. The van der Waals surface area contributed by atoms with E-state index in [1.807, 2.05) is 23.0 Å². The van der Waals surface area contributed by atoms with Gasteiger partial charge in [0.1, 0.15) is 23.7 Å². The summed E-state index contributed by atoms with van der Waals surface area (Å²) in [5, 5.41) is 16.7. The Hall–Kier alpha value is -3.07. The van der Waals surface area contributed by atoms with Crippen molar-refractivity contribution < 1.29 is 4.39 Å². The van der Waals surface area contributed by atoms with E-state index in [9.17, 15) is 4.39 Å². The first-order chi connectivity index (χ1) is 16.3. The molecule has 1 unspecified atom stereocenters. The van der Waals surface area contributed by atoms with E-state index in [1.54, 1.807) is 18.5 Å². The van der Waals surface area contributed by atoms with Gasteiger partial charge in [-0.2, -0.15) is 0 Å². The fraction of sp³-hybridized carbons (Fsp3) is 0.360. The van der Waals surface area contributed by atoms with Gasteiger partial charge < -0.3 is 10.6 Å². The van der Waals surface area contributed by atoms with E-state index in [0.717, 1.165) is 57.5 Å². The van der Waals surface area contributed by atoms with Crippen LogP contribution in [0.2, 0.25) is 0 Å². The summed E-state index contributed by atoms with van der Waals surface area (Å²) in [6.45, 7) is 7.30. The molecule has 4 aromatic rings. The molecule has 176 valence electrons. The maximum Gasteiger partial charge on any atom is 0.137 e. The third-order valence-electron chi connectivity index (χ3n) is 5.74. The molecule has 0 saturated heterocycles. The Morgan fingerprint density at radius 3 is 2.62 bits per heavy atom. The molecule has 2 aromatic carbocycles. The predicted octanol–water partition coefficient (Wildman–Crippen LogP) is 6.12. The van der Waals surface area contributed by atoms with Crippen molar-refractivity contribution in [2.24, 2.45) is 5.41 Å². The lowest BCUT2D eigenvalue weighted by Gasteiger charge is -2.21. The van der Waals surface area contributed by atoms with Gasteiger partial charge in [-0.05, 0) is 64.0 Å². The van der Waals surface area contributed by atoms with Gasteiger partial charge in [-0.1, -0.05) is 38.1 Å². The predicted molar refractivity (Wildman–Crippen MR) is 135 cm³/mol. The highest BCUT2D eigenvalue weighted by Gasteiger charge is 2.27. The highest BCUT2D eigenvalue weighted by Crippen LogP contribution is 2.36. The Morgan fingerprint density at radius 1 is 1.15 bits per heavy atom. The highest BCUT2D eigenvalue weighted by molar-refractivity contribution is 9.10. The number of nitrogens with one attached hydrogen (secondary N) is 2. The first kappa shape index (κ1) is 22.7. The molecule has 2 aromatic heterocycles.